The van der Waals surface area contributed by atoms with Gasteiger partial charge in [-0.15, -0.1) is 0 Å². The van der Waals surface area contributed by atoms with Crippen molar-refractivity contribution in [2.75, 3.05) is 5.73 Å². The third kappa shape index (κ3) is 1.95. The minimum atomic E-state index is -0.799. The molecule has 3 rings (SSSR count). The van der Waals surface area contributed by atoms with Gasteiger partial charge < -0.3 is 5.73 Å². The van der Waals surface area contributed by atoms with Gasteiger partial charge in [0, 0.05) is 10.5 Å². The van der Waals surface area contributed by atoms with Crippen LogP contribution in [0.3, 0.4) is 0 Å². The zero-order valence-electron chi connectivity index (χ0n) is 10.6. The van der Waals surface area contributed by atoms with Crippen LogP contribution >= 0.6 is 27.5 Å². The van der Waals surface area contributed by atoms with Gasteiger partial charge in [-0.3, -0.25) is 24.3 Å². The molecule has 0 spiro atoms. The number of nitrogens with one attached hydrogen (secondary N) is 1. The van der Waals surface area contributed by atoms with Crippen LogP contribution in [0.5, 0.6) is 0 Å². The van der Waals surface area contributed by atoms with Gasteiger partial charge in [0.2, 0.25) is 0 Å². The Morgan fingerprint density at radius 2 is 1.91 bits per heavy atom. The zero-order valence-corrected chi connectivity index (χ0v) is 13.0. The summed E-state index contributed by atoms with van der Waals surface area (Å²) in [4.78, 5) is 35.6. The standard InChI is InChI=1S/C13H6BrClFN3O3/c14-5-1-2-6(16)10(9(5)15)19-7(20)3-4-8(11(19)17)13(22)18-12(4)21/h1-3H,17H2,(H,18,21,22). The molecule has 2 heterocycles. The Labute approximate surface area is 135 Å². The Hall–Kier alpha value is -2.19. The molecule has 2 amide bonds. The molecule has 1 aliphatic heterocycles. The van der Waals surface area contributed by atoms with Crippen LogP contribution in [-0.4, -0.2) is 16.4 Å². The highest BCUT2D eigenvalue weighted by molar-refractivity contribution is 9.10. The van der Waals surface area contributed by atoms with E-state index in [2.05, 4.69) is 15.9 Å². The monoisotopic (exact) mass is 385 g/mol. The van der Waals surface area contributed by atoms with E-state index in [0.717, 1.165) is 16.7 Å². The first kappa shape index (κ1) is 14.7. The Kier molecular flexibility index (Phi) is 3.30. The second-order valence-electron chi connectivity index (χ2n) is 4.47. The molecule has 1 aromatic carbocycles. The molecule has 0 aliphatic carbocycles. The zero-order chi connectivity index (χ0) is 16.2. The number of nitrogen functional groups attached to an aromatic ring is 1. The number of hydrogen-bond donors (Lipinski definition) is 2. The number of hydrogen-bond acceptors (Lipinski definition) is 4. The van der Waals surface area contributed by atoms with Crippen LogP contribution in [0.2, 0.25) is 5.02 Å². The van der Waals surface area contributed by atoms with Gasteiger partial charge in [0.05, 0.1) is 16.1 Å². The first-order valence-electron chi connectivity index (χ1n) is 5.88. The van der Waals surface area contributed by atoms with Gasteiger partial charge in [-0.1, -0.05) is 11.6 Å². The number of imide groups is 1. The van der Waals surface area contributed by atoms with Crippen molar-refractivity contribution in [3.63, 3.8) is 0 Å². The van der Waals surface area contributed by atoms with Gasteiger partial charge in [-0.05, 0) is 28.1 Å². The molecule has 0 radical (unpaired) electrons. The predicted molar refractivity (Wildman–Crippen MR) is 80.9 cm³/mol. The van der Waals surface area contributed by atoms with E-state index in [9.17, 15) is 18.8 Å². The minimum Gasteiger partial charge on any atom is -0.384 e. The predicted octanol–water partition coefficient (Wildman–Crippen LogP) is 1.86. The summed E-state index contributed by atoms with van der Waals surface area (Å²) < 4.78 is 15.2. The Balaban J connectivity index is 2.43. The maximum absolute atomic E-state index is 14.1. The number of aromatic nitrogens is 1. The van der Waals surface area contributed by atoms with Crippen LogP contribution in [0.15, 0.2) is 27.5 Å². The lowest BCUT2D eigenvalue weighted by molar-refractivity contribution is 0.0880. The van der Waals surface area contributed by atoms with Crippen molar-refractivity contribution in [2.24, 2.45) is 0 Å². The van der Waals surface area contributed by atoms with Gasteiger partial charge in [0.1, 0.15) is 17.3 Å². The van der Waals surface area contributed by atoms with Crippen molar-refractivity contribution >= 4 is 45.2 Å². The number of pyridine rings is 1. The summed E-state index contributed by atoms with van der Waals surface area (Å²) in [6, 6.07) is 3.38. The molecule has 112 valence electrons. The van der Waals surface area contributed by atoms with E-state index in [1.54, 1.807) is 0 Å². The van der Waals surface area contributed by atoms with E-state index < -0.39 is 23.2 Å². The van der Waals surface area contributed by atoms with E-state index in [1.165, 1.54) is 6.07 Å². The molecule has 1 aromatic heterocycles. The van der Waals surface area contributed by atoms with Crippen LogP contribution in [0.25, 0.3) is 5.69 Å². The Morgan fingerprint density at radius 1 is 1.23 bits per heavy atom. The molecule has 0 bridgehead atoms. The molecule has 9 heteroatoms. The van der Waals surface area contributed by atoms with Gasteiger partial charge in [0.25, 0.3) is 17.4 Å². The van der Waals surface area contributed by atoms with Crippen molar-refractivity contribution in [2.45, 2.75) is 0 Å². The number of amides is 2. The summed E-state index contributed by atoms with van der Waals surface area (Å²) in [6.07, 6.45) is 0. The lowest BCUT2D eigenvalue weighted by Crippen LogP contribution is -2.25. The van der Waals surface area contributed by atoms with Gasteiger partial charge in [-0.25, -0.2) is 4.39 Å². The smallest absolute Gasteiger partial charge is 0.262 e. The highest BCUT2D eigenvalue weighted by Crippen LogP contribution is 2.33. The Bertz CT molecular complexity index is 926. The van der Waals surface area contributed by atoms with Crippen molar-refractivity contribution < 1.29 is 14.0 Å². The fraction of sp³-hybridized carbons (Fsp3) is 0. The molecule has 2 aromatic rings. The summed E-state index contributed by atoms with van der Waals surface area (Å²) in [7, 11) is 0. The molecule has 0 fully saturated rings. The highest BCUT2D eigenvalue weighted by Gasteiger charge is 2.32. The largest absolute Gasteiger partial charge is 0.384 e. The number of benzene rings is 1. The van der Waals surface area contributed by atoms with E-state index in [1.807, 2.05) is 5.32 Å². The summed E-state index contributed by atoms with van der Waals surface area (Å²) in [5.41, 5.74) is 4.42. The van der Waals surface area contributed by atoms with Crippen LogP contribution in [-0.2, 0) is 0 Å². The van der Waals surface area contributed by atoms with E-state index >= 15 is 0 Å². The number of halogens is 3. The number of carbonyl (C=O) groups excluding carboxylic acids is 2. The maximum Gasteiger partial charge on any atom is 0.262 e. The second kappa shape index (κ2) is 4.92. The summed E-state index contributed by atoms with van der Waals surface area (Å²) in [5, 5.41) is 1.94. The normalized spacial score (nSPS) is 13.2. The molecule has 22 heavy (non-hydrogen) atoms. The van der Waals surface area contributed by atoms with Gasteiger partial charge in [-0.2, -0.15) is 0 Å². The number of nitrogens with two attached hydrogens (primary N) is 1. The van der Waals surface area contributed by atoms with Gasteiger partial charge in [0.15, 0.2) is 0 Å². The molecule has 3 N–H and O–H groups in total. The average molecular weight is 387 g/mol. The molecule has 1 aliphatic rings. The third-order valence-corrected chi connectivity index (χ3v) is 4.47. The van der Waals surface area contributed by atoms with Crippen LogP contribution in [0.1, 0.15) is 20.7 Å². The van der Waals surface area contributed by atoms with E-state index in [0.29, 0.717) is 4.47 Å². The number of anilines is 1. The molecule has 0 saturated heterocycles. The van der Waals surface area contributed by atoms with Crippen LogP contribution in [0.4, 0.5) is 10.2 Å². The fourth-order valence-electron chi connectivity index (χ4n) is 2.23. The van der Waals surface area contributed by atoms with E-state index in [-0.39, 0.29) is 27.7 Å². The first-order valence-corrected chi connectivity index (χ1v) is 7.05. The Morgan fingerprint density at radius 3 is 2.59 bits per heavy atom. The summed E-state index contributed by atoms with van der Waals surface area (Å²) in [6.45, 7) is 0. The molecule has 6 nitrogen and oxygen atoms in total. The highest BCUT2D eigenvalue weighted by atomic mass is 79.9. The number of nitrogens with zero attached hydrogens (tertiary/aromatic N) is 1. The van der Waals surface area contributed by atoms with Crippen molar-refractivity contribution in [1.82, 2.24) is 9.88 Å². The second-order valence-corrected chi connectivity index (χ2v) is 5.70. The van der Waals surface area contributed by atoms with Crippen molar-refractivity contribution in [3.05, 3.63) is 55.0 Å². The van der Waals surface area contributed by atoms with E-state index in [4.69, 9.17) is 17.3 Å². The molecule has 0 atom stereocenters. The quantitative estimate of drug-likeness (QED) is 0.578. The molecular weight excluding hydrogens is 381 g/mol. The number of fused-ring (bicyclic) bond motifs is 1. The minimum absolute atomic E-state index is 0.0847. The first-order chi connectivity index (χ1) is 10.3. The lowest BCUT2D eigenvalue weighted by Gasteiger charge is -2.14. The fourth-order valence-corrected chi connectivity index (χ4v) is 2.79. The topological polar surface area (TPSA) is 94.2 Å². The summed E-state index contributed by atoms with van der Waals surface area (Å²) in [5.74, 6) is -2.63. The molecule has 0 saturated carbocycles. The maximum atomic E-state index is 14.1. The van der Waals surface area contributed by atoms with Gasteiger partial charge >= 0.3 is 0 Å². The summed E-state index contributed by atoms with van der Waals surface area (Å²) >= 11 is 9.15. The van der Waals surface area contributed by atoms with Crippen LogP contribution in [0, 0.1) is 5.82 Å². The molecular formula is C13H6BrClFN3O3. The third-order valence-electron chi connectivity index (χ3n) is 3.20. The molecule has 0 unspecified atom stereocenters. The average Bonchev–Trinajstić information content (AvgIpc) is 2.73. The SMILES string of the molecule is Nc1c2c(cc(=O)n1-c1c(F)ccc(Br)c1Cl)C(=O)NC2=O. The van der Waals surface area contributed by atoms with Crippen molar-refractivity contribution in [3.8, 4) is 5.69 Å². The van der Waals surface area contributed by atoms with Crippen molar-refractivity contribution in [1.29, 1.82) is 0 Å². The number of rotatable bonds is 1. The van der Waals surface area contributed by atoms with Crippen LogP contribution < -0.4 is 16.6 Å². The number of carbonyl (C=O) groups is 2. The lowest BCUT2D eigenvalue weighted by atomic mass is 10.1.